The molecule has 0 spiro atoms. The van der Waals surface area contributed by atoms with E-state index in [4.69, 9.17) is 18.9 Å². The molecule has 2 aliphatic rings. The Morgan fingerprint density at radius 3 is 1.51 bits per heavy atom. The molecule has 12 unspecified atom stereocenters. The largest absolute Gasteiger partial charge is 0.394 e. The second-order valence-corrected chi connectivity index (χ2v) is 17.9. The number of hydrogen-bond donors (Lipinski definition) is 9. The first-order chi connectivity index (χ1) is 34.1. The van der Waals surface area contributed by atoms with E-state index >= 15 is 0 Å². The fraction of sp³-hybridized carbons (Fsp3) is 0.661. The van der Waals surface area contributed by atoms with Crippen LogP contribution in [-0.4, -0.2) is 140 Å². The summed E-state index contributed by atoms with van der Waals surface area (Å²) < 4.78 is 22.6. The van der Waals surface area contributed by atoms with Crippen LogP contribution in [-0.2, 0) is 23.7 Å². The van der Waals surface area contributed by atoms with E-state index in [9.17, 15) is 45.6 Å². The van der Waals surface area contributed by atoms with Gasteiger partial charge in [0.05, 0.1) is 32.0 Å². The molecule has 2 heterocycles. The van der Waals surface area contributed by atoms with Crippen LogP contribution < -0.4 is 5.32 Å². The number of aliphatic hydroxyl groups excluding tert-OH is 8. The predicted molar refractivity (Wildman–Crippen MR) is 276 cm³/mol. The van der Waals surface area contributed by atoms with E-state index in [2.05, 4.69) is 116 Å². The van der Waals surface area contributed by atoms with Crippen LogP contribution >= 0.6 is 0 Å². The molecular weight excluding hydrogens is 895 g/mol. The maximum Gasteiger partial charge on any atom is 0.220 e. The van der Waals surface area contributed by atoms with E-state index in [-0.39, 0.29) is 18.9 Å². The van der Waals surface area contributed by atoms with E-state index in [0.29, 0.717) is 6.42 Å². The van der Waals surface area contributed by atoms with Gasteiger partial charge in [0, 0.05) is 6.42 Å². The maximum absolute atomic E-state index is 13.1. The monoisotopic (exact) mass is 986 g/mol. The van der Waals surface area contributed by atoms with E-state index in [1.807, 2.05) is 6.08 Å². The lowest BCUT2D eigenvalue weighted by Crippen LogP contribution is -2.65. The first-order valence-electron chi connectivity index (χ1n) is 26.1. The van der Waals surface area contributed by atoms with Crippen LogP contribution in [0.15, 0.2) is 109 Å². The van der Waals surface area contributed by atoms with E-state index in [0.717, 1.165) is 89.9 Å². The van der Waals surface area contributed by atoms with Crippen LogP contribution in [0, 0.1) is 0 Å². The number of amides is 1. The molecule has 0 aromatic heterocycles. The van der Waals surface area contributed by atoms with Crippen molar-refractivity contribution in [3.63, 3.8) is 0 Å². The van der Waals surface area contributed by atoms with Crippen molar-refractivity contribution >= 4 is 5.91 Å². The molecule has 9 N–H and O–H groups in total. The molecule has 2 rings (SSSR count). The van der Waals surface area contributed by atoms with Gasteiger partial charge in [-0.1, -0.05) is 162 Å². The minimum Gasteiger partial charge on any atom is -0.394 e. The minimum absolute atomic E-state index is 0.218. The van der Waals surface area contributed by atoms with E-state index in [1.165, 1.54) is 25.7 Å². The smallest absolute Gasteiger partial charge is 0.220 e. The van der Waals surface area contributed by atoms with Crippen LogP contribution in [0.25, 0.3) is 0 Å². The van der Waals surface area contributed by atoms with Gasteiger partial charge in [-0.2, -0.15) is 0 Å². The topological polar surface area (TPSA) is 228 Å². The number of rotatable bonds is 38. The molecule has 14 heteroatoms. The Kier molecular flexibility index (Phi) is 36.9. The highest BCUT2D eigenvalue weighted by Gasteiger charge is 2.51. The third kappa shape index (κ3) is 27.5. The molecule has 12 atom stereocenters. The number of hydrogen-bond acceptors (Lipinski definition) is 13. The molecular formula is C56H91NO13. The molecule has 0 aromatic rings. The van der Waals surface area contributed by atoms with E-state index in [1.54, 1.807) is 6.08 Å². The third-order valence-electron chi connectivity index (χ3n) is 12.0. The fourth-order valence-corrected chi connectivity index (χ4v) is 7.71. The van der Waals surface area contributed by atoms with Gasteiger partial charge in [-0.3, -0.25) is 4.79 Å². The van der Waals surface area contributed by atoms with Crippen molar-refractivity contribution in [3.05, 3.63) is 109 Å². The zero-order valence-corrected chi connectivity index (χ0v) is 42.2. The Labute approximate surface area is 419 Å². The van der Waals surface area contributed by atoms with Crippen LogP contribution in [0.4, 0.5) is 0 Å². The summed E-state index contributed by atoms with van der Waals surface area (Å²) in [5, 5.41) is 86.5. The summed E-state index contributed by atoms with van der Waals surface area (Å²) in [4.78, 5) is 13.1. The Morgan fingerprint density at radius 1 is 0.529 bits per heavy atom. The summed E-state index contributed by atoms with van der Waals surface area (Å²) in [6.07, 6.45) is 40.0. The van der Waals surface area contributed by atoms with Crippen molar-refractivity contribution in [1.29, 1.82) is 0 Å². The van der Waals surface area contributed by atoms with Crippen LogP contribution in [0.2, 0.25) is 0 Å². The normalized spacial score (nSPS) is 26.9. The first-order valence-corrected chi connectivity index (χ1v) is 26.1. The van der Waals surface area contributed by atoms with Crippen molar-refractivity contribution in [2.45, 2.75) is 216 Å². The molecule has 0 aromatic carbocycles. The zero-order valence-electron chi connectivity index (χ0n) is 42.2. The van der Waals surface area contributed by atoms with Crippen LogP contribution in [0.3, 0.4) is 0 Å². The lowest BCUT2D eigenvalue weighted by molar-refractivity contribution is -0.359. The SMILES string of the molecule is CC/C=C\C/C=C\C/C=C\C/C=C\C/C=C\C/C=C\C/C=C\C/C=C\CCCCC(=O)NC(COC1OC(CO)C(OC2OC(CO)C(O)C(O)C2O)C(O)C1O)C(O)/C=C/CCCCCCCCC. The highest BCUT2D eigenvalue weighted by molar-refractivity contribution is 5.76. The summed E-state index contributed by atoms with van der Waals surface area (Å²) in [7, 11) is 0. The minimum atomic E-state index is -1.80. The summed E-state index contributed by atoms with van der Waals surface area (Å²) in [5.41, 5.74) is 0. The summed E-state index contributed by atoms with van der Waals surface area (Å²) in [5.74, 6) is -0.291. The molecule has 2 fully saturated rings. The van der Waals surface area contributed by atoms with Gasteiger partial charge in [-0.15, -0.1) is 0 Å². The molecule has 398 valence electrons. The van der Waals surface area contributed by atoms with Gasteiger partial charge in [-0.05, 0) is 83.5 Å². The van der Waals surface area contributed by atoms with Crippen LogP contribution in [0.5, 0.6) is 0 Å². The quantitative estimate of drug-likeness (QED) is 0.0219. The third-order valence-corrected chi connectivity index (χ3v) is 12.0. The Balaban J connectivity index is 1.78. The number of carbonyl (C=O) groups excluding carboxylic acids is 1. The van der Waals surface area contributed by atoms with E-state index < -0.39 is 86.8 Å². The number of allylic oxidation sites excluding steroid dienone is 17. The molecule has 0 radical (unpaired) electrons. The number of unbranched alkanes of at least 4 members (excludes halogenated alkanes) is 9. The fourth-order valence-electron chi connectivity index (χ4n) is 7.71. The summed E-state index contributed by atoms with van der Waals surface area (Å²) >= 11 is 0. The predicted octanol–water partition coefficient (Wildman–Crippen LogP) is 7.32. The molecule has 2 saturated heterocycles. The van der Waals surface area contributed by atoms with Crippen molar-refractivity contribution in [3.8, 4) is 0 Å². The summed E-state index contributed by atoms with van der Waals surface area (Å²) in [6.45, 7) is 2.57. The van der Waals surface area contributed by atoms with Crippen molar-refractivity contribution in [2.75, 3.05) is 19.8 Å². The molecule has 2 aliphatic heterocycles. The van der Waals surface area contributed by atoms with Gasteiger partial charge >= 0.3 is 0 Å². The highest BCUT2D eigenvalue weighted by atomic mass is 16.7. The van der Waals surface area contributed by atoms with Crippen molar-refractivity contribution in [2.24, 2.45) is 0 Å². The Bertz CT molecular complexity index is 1590. The van der Waals surface area contributed by atoms with Gasteiger partial charge in [-0.25, -0.2) is 0 Å². The number of nitrogens with one attached hydrogen (secondary N) is 1. The van der Waals surface area contributed by atoms with Crippen molar-refractivity contribution in [1.82, 2.24) is 5.32 Å². The lowest BCUT2D eigenvalue weighted by Gasteiger charge is -2.46. The average molecular weight is 986 g/mol. The molecule has 0 saturated carbocycles. The van der Waals surface area contributed by atoms with Gasteiger partial charge in [0.1, 0.15) is 48.8 Å². The zero-order chi connectivity index (χ0) is 51.0. The van der Waals surface area contributed by atoms with Gasteiger partial charge in [0.25, 0.3) is 0 Å². The Morgan fingerprint density at radius 2 is 0.986 bits per heavy atom. The number of ether oxygens (including phenoxy) is 4. The lowest BCUT2D eigenvalue weighted by atomic mass is 9.97. The van der Waals surface area contributed by atoms with Gasteiger partial charge < -0.3 is 65.1 Å². The molecule has 14 nitrogen and oxygen atoms in total. The first kappa shape index (κ1) is 62.8. The number of carbonyl (C=O) groups is 1. The van der Waals surface area contributed by atoms with Gasteiger partial charge in [0.15, 0.2) is 12.6 Å². The molecule has 1 amide bonds. The Hall–Kier alpha value is -3.35. The highest BCUT2D eigenvalue weighted by Crippen LogP contribution is 2.30. The van der Waals surface area contributed by atoms with Crippen molar-refractivity contribution < 1.29 is 64.6 Å². The molecule has 0 aliphatic carbocycles. The van der Waals surface area contributed by atoms with Crippen LogP contribution in [0.1, 0.15) is 142 Å². The second-order valence-electron chi connectivity index (χ2n) is 17.9. The summed E-state index contributed by atoms with van der Waals surface area (Å²) in [6, 6.07) is -0.944. The average Bonchev–Trinajstić information content (AvgIpc) is 3.36. The number of aliphatic hydroxyl groups is 8. The second kappa shape index (κ2) is 41.2. The maximum atomic E-state index is 13.1. The standard InChI is InChI=1S/C56H91NO13/c1-3-5-7-9-11-13-14-15-16-17-18-19-20-21-22-23-24-25-26-27-28-29-30-32-34-36-38-40-48(61)57-44(45(60)39-37-35-33-31-12-10-8-6-4-2)43-67-55-53(66)51(64)54(47(42-59)69-55)70-56-52(65)50(63)49(62)46(41-58)68-56/h5,7,11,13,15-16,18-19,21-22,24-25,27-28,30,32,37,39,44-47,49-56,58-60,62-66H,3-4,6,8-10,12,14,17,20,23,26,29,31,33-36,38,40-43H2,1-2H3,(H,57,61)/b7-5-,13-11-,16-15-,19-18-,22-21-,25-24-,28-27-,32-30-,39-37+. The molecule has 0 bridgehead atoms. The molecule has 70 heavy (non-hydrogen) atoms. The van der Waals surface area contributed by atoms with Gasteiger partial charge in [0.2, 0.25) is 5.91 Å².